The second kappa shape index (κ2) is 16.2. The highest BCUT2D eigenvalue weighted by Crippen LogP contribution is 1.67. The number of carbonyl (C=O) groups excluding carboxylic acids is 1. The van der Waals surface area contributed by atoms with Crippen LogP contribution >= 0.6 is 11.6 Å². The zero-order valence-corrected chi connectivity index (χ0v) is 7.55. The lowest BCUT2D eigenvalue weighted by Gasteiger charge is -1.59. The topological polar surface area (TPSA) is 74.6 Å². The molecule has 0 amide bonds. The first-order valence-corrected chi connectivity index (χ1v) is 3.22. The summed E-state index contributed by atoms with van der Waals surface area (Å²) in [6.07, 6.45) is 0. The largest absolute Gasteiger partial charge is 0.481 e. The Morgan fingerprint density at radius 1 is 1.36 bits per heavy atom. The van der Waals surface area contributed by atoms with Crippen LogP contribution in [0.3, 0.4) is 0 Å². The molecule has 0 bridgehead atoms. The minimum absolute atomic E-state index is 0.250. The number of carboxylic acids is 1. The van der Waals surface area contributed by atoms with E-state index in [0.29, 0.717) is 0 Å². The molecule has 0 aromatic heterocycles. The van der Waals surface area contributed by atoms with Gasteiger partial charge in [0.1, 0.15) is 0 Å². The maximum Gasteiger partial charge on any atom is 0.300 e. The standard InChI is InChI=1S/C2H3ClO.C2H4O2.C2H6O/c2*1-2(3)4;1-2-3/h1H3;1H3,(H,3,4);3H,2H2,1H3. The Morgan fingerprint density at radius 3 is 1.36 bits per heavy atom. The molecule has 0 aliphatic carbocycles. The summed E-state index contributed by atoms with van der Waals surface area (Å²) in [5.74, 6) is -0.833. The molecule has 0 aliphatic rings. The van der Waals surface area contributed by atoms with Crippen molar-refractivity contribution in [2.75, 3.05) is 6.61 Å². The fourth-order valence-electron chi connectivity index (χ4n) is 0. The Balaban J connectivity index is -0.0000000886. The number of carbonyl (C=O) groups is 2. The van der Waals surface area contributed by atoms with Gasteiger partial charge in [0, 0.05) is 20.5 Å². The van der Waals surface area contributed by atoms with Gasteiger partial charge in [-0.15, -0.1) is 0 Å². The lowest BCUT2D eigenvalue weighted by molar-refractivity contribution is -0.134. The van der Waals surface area contributed by atoms with Gasteiger partial charge in [-0.1, -0.05) is 0 Å². The van der Waals surface area contributed by atoms with E-state index < -0.39 is 5.97 Å². The summed E-state index contributed by atoms with van der Waals surface area (Å²) in [4.78, 5) is 18.2. The Hall–Kier alpha value is -0.610. The zero-order chi connectivity index (χ0) is 9.86. The second-order valence-electron chi connectivity index (χ2n) is 1.31. The maximum atomic E-state index is 9.21. The van der Waals surface area contributed by atoms with Gasteiger partial charge < -0.3 is 10.2 Å². The van der Waals surface area contributed by atoms with Crippen molar-refractivity contribution in [3.05, 3.63) is 0 Å². The molecular weight excluding hydrogens is 172 g/mol. The Morgan fingerprint density at radius 2 is 1.36 bits per heavy atom. The van der Waals surface area contributed by atoms with Crippen molar-refractivity contribution in [1.82, 2.24) is 0 Å². The third kappa shape index (κ3) is 1380. The molecule has 11 heavy (non-hydrogen) atoms. The number of hydrogen-bond acceptors (Lipinski definition) is 3. The second-order valence-corrected chi connectivity index (χ2v) is 1.84. The van der Waals surface area contributed by atoms with E-state index in [9.17, 15) is 4.79 Å². The van der Waals surface area contributed by atoms with E-state index in [0.717, 1.165) is 6.92 Å². The van der Waals surface area contributed by atoms with Crippen molar-refractivity contribution in [2.24, 2.45) is 0 Å². The summed E-state index contributed by atoms with van der Waals surface area (Å²) in [6, 6.07) is 0. The lowest BCUT2D eigenvalue weighted by Crippen LogP contribution is -1.78. The minimum Gasteiger partial charge on any atom is -0.481 e. The number of aliphatic carboxylic acids is 1. The van der Waals surface area contributed by atoms with Crippen molar-refractivity contribution in [3.8, 4) is 0 Å². The van der Waals surface area contributed by atoms with Gasteiger partial charge in [0.15, 0.2) is 0 Å². The van der Waals surface area contributed by atoms with Crippen LogP contribution < -0.4 is 0 Å². The van der Waals surface area contributed by atoms with Gasteiger partial charge in [-0.3, -0.25) is 9.59 Å². The molecule has 0 saturated carbocycles. The van der Waals surface area contributed by atoms with E-state index in [4.69, 9.17) is 15.0 Å². The predicted octanol–water partition coefficient (Wildman–Crippen LogP) is 0.861. The highest BCUT2D eigenvalue weighted by Gasteiger charge is 1.67. The first-order valence-electron chi connectivity index (χ1n) is 2.84. The molecule has 5 heteroatoms. The van der Waals surface area contributed by atoms with Gasteiger partial charge in [0.2, 0.25) is 5.24 Å². The molecule has 0 heterocycles. The highest BCUT2D eigenvalue weighted by molar-refractivity contribution is 6.62. The van der Waals surface area contributed by atoms with Gasteiger partial charge in [0.05, 0.1) is 0 Å². The van der Waals surface area contributed by atoms with Crippen molar-refractivity contribution in [1.29, 1.82) is 0 Å². The molecule has 0 spiro atoms. The third-order valence-electron chi connectivity index (χ3n) is 0. The Bertz CT molecular complexity index is 82.8. The Kier molecular flexibility index (Phi) is 24.7. The van der Waals surface area contributed by atoms with E-state index in [1.807, 2.05) is 0 Å². The van der Waals surface area contributed by atoms with E-state index in [1.165, 1.54) is 6.92 Å². The van der Waals surface area contributed by atoms with Crippen molar-refractivity contribution < 1.29 is 19.8 Å². The van der Waals surface area contributed by atoms with Crippen LogP contribution in [-0.2, 0) is 9.59 Å². The average molecular weight is 185 g/mol. The highest BCUT2D eigenvalue weighted by atomic mass is 35.5. The van der Waals surface area contributed by atoms with Gasteiger partial charge in [0.25, 0.3) is 5.97 Å². The quantitative estimate of drug-likeness (QED) is 0.548. The number of hydrogen-bond donors (Lipinski definition) is 2. The minimum atomic E-state index is -0.833. The molecule has 0 aromatic rings. The van der Waals surface area contributed by atoms with Crippen LogP contribution in [0.15, 0.2) is 0 Å². The molecule has 0 unspecified atom stereocenters. The summed E-state index contributed by atoms with van der Waals surface area (Å²) in [7, 11) is 0. The summed E-state index contributed by atoms with van der Waals surface area (Å²) < 4.78 is 0. The summed E-state index contributed by atoms with van der Waals surface area (Å²) in [6.45, 7) is 4.31. The summed E-state index contributed by atoms with van der Waals surface area (Å²) in [5.41, 5.74) is 0. The number of carboxylic acid groups (broad SMARTS) is 1. The van der Waals surface area contributed by atoms with Crippen molar-refractivity contribution in [3.63, 3.8) is 0 Å². The fraction of sp³-hybridized carbons (Fsp3) is 0.667. The molecule has 0 rings (SSSR count). The molecular formula is C6H13ClO4. The molecule has 0 fully saturated rings. The fourth-order valence-corrected chi connectivity index (χ4v) is 0. The maximum absolute atomic E-state index is 9.21. The SMILES string of the molecule is CC(=O)Cl.CC(=O)O.CCO. The monoisotopic (exact) mass is 184 g/mol. The normalized spacial score (nSPS) is 6.27. The molecule has 2 N–H and O–H groups in total. The summed E-state index contributed by atoms with van der Waals surface area (Å²) in [5, 5.41) is 14.6. The van der Waals surface area contributed by atoms with Crippen LogP contribution in [-0.4, -0.2) is 28.0 Å². The van der Waals surface area contributed by atoms with E-state index in [2.05, 4.69) is 11.6 Å². The molecule has 0 aromatic carbocycles. The van der Waals surface area contributed by atoms with Gasteiger partial charge in [-0.05, 0) is 18.5 Å². The van der Waals surface area contributed by atoms with Gasteiger partial charge in [-0.2, -0.15) is 0 Å². The lowest BCUT2D eigenvalue weighted by atomic mass is 10.9. The van der Waals surface area contributed by atoms with E-state index in [1.54, 1.807) is 6.92 Å². The molecule has 0 aliphatic heterocycles. The predicted molar refractivity (Wildman–Crippen MR) is 42.6 cm³/mol. The van der Waals surface area contributed by atoms with Crippen molar-refractivity contribution >= 4 is 22.8 Å². The number of aliphatic hydroxyl groups is 1. The number of aliphatic hydroxyl groups excluding tert-OH is 1. The smallest absolute Gasteiger partial charge is 0.300 e. The van der Waals surface area contributed by atoms with Gasteiger partial charge in [-0.25, -0.2) is 0 Å². The van der Waals surface area contributed by atoms with E-state index >= 15 is 0 Å². The first kappa shape index (κ1) is 16.8. The van der Waals surface area contributed by atoms with Crippen LogP contribution in [0.1, 0.15) is 20.8 Å². The van der Waals surface area contributed by atoms with Crippen LogP contribution in [0.5, 0.6) is 0 Å². The van der Waals surface area contributed by atoms with Crippen LogP contribution in [0.2, 0.25) is 0 Å². The van der Waals surface area contributed by atoms with Crippen LogP contribution in [0.4, 0.5) is 0 Å². The molecule has 68 valence electrons. The third-order valence-corrected chi connectivity index (χ3v) is 0. The van der Waals surface area contributed by atoms with Crippen LogP contribution in [0, 0.1) is 0 Å². The van der Waals surface area contributed by atoms with Crippen LogP contribution in [0.25, 0.3) is 0 Å². The molecule has 0 saturated heterocycles. The molecule has 0 radical (unpaired) electrons. The Labute approximate surface area is 70.8 Å². The van der Waals surface area contributed by atoms with Gasteiger partial charge >= 0.3 is 0 Å². The first-order chi connectivity index (χ1) is 4.88. The zero-order valence-electron chi connectivity index (χ0n) is 6.80. The van der Waals surface area contributed by atoms with Crippen molar-refractivity contribution in [2.45, 2.75) is 20.8 Å². The average Bonchev–Trinajstić information content (AvgIpc) is 1.60. The summed E-state index contributed by atoms with van der Waals surface area (Å²) >= 11 is 4.64. The van der Waals surface area contributed by atoms with E-state index in [-0.39, 0.29) is 11.8 Å². The number of halogens is 1. The number of rotatable bonds is 0. The molecule has 0 atom stereocenters. The molecule has 4 nitrogen and oxygen atoms in total.